The third-order valence-corrected chi connectivity index (χ3v) is 10.4. The van der Waals surface area contributed by atoms with Crippen molar-refractivity contribution in [1.82, 2.24) is 9.88 Å². The highest BCUT2D eigenvalue weighted by molar-refractivity contribution is 6.45. The summed E-state index contributed by atoms with van der Waals surface area (Å²) in [6.45, 7) is -0.0966. The summed E-state index contributed by atoms with van der Waals surface area (Å²) in [5.41, 5.74) is 2.19. The number of cyclic esters (lactones) is 1. The number of ether oxygens (including phenoxy) is 7. The van der Waals surface area contributed by atoms with E-state index < -0.39 is 53.3 Å². The van der Waals surface area contributed by atoms with Gasteiger partial charge in [-0.25, -0.2) is 4.79 Å². The van der Waals surface area contributed by atoms with Gasteiger partial charge in [-0.2, -0.15) is 0 Å². The SMILES string of the molecule is COC(=O)c1cccc2c1c(C(=O)C(=O)N[C@@H]1c3cc4c(cc3[C@@H](c3cc(OC)c(OC)c(OC)c3)[C@H]3C(=O)OC[C@@H]31)OCO4)cn2C(=O)c1ccccc1. The van der Waals surface area contributed by atoms with E-state index >= 15 is 0 Å². The van der Waals surface area contributed by atoms with Gasteiger partial charge < -0.3 is 38.5 Å². The van der Waals surface area contributed by atoms with Crippen LogP contribution in [0, 0.1) is 11.8 Å². The summed E-state index contributed by atoms with van der Waals surface area (Å²) in [6, 6.07) is 19.1. The van der Waals surface area contributed by atoms with Crippen LogP contribution >= 0.6 is 0 Å². The number of hydrogen-bond donors (Lipinski definition) is 1. The number of nitrogens with one attached hydrogen (secondary N) is 1. The van der Waals surface area contributed by atoms with Gasteiger partial charge in [-0.1, -0.05) is 24.3 Å². The molecule has 1 saturated heterocycles. The fraction of sp³-hybridized carbons (Fsp3) is 0.244. The Morgan fingerprint density at radius 1 is 0.782 bits per heavy atom. The second-order valence-corrected chi connectivity index (χ2v) is 13.1. The second-order valence-electron chi connectivity index (χ2n) is 13.1. The Hall–Kier alpha value is -6.83. The van der Waals surface area contributed by atoms with Gasteiger partial charge in [0.05, 0.1) is 63.6 Å². The highest BCUT2D eigenvalue weighted by Gasteiger charge is 2.53. The van der Waals surface area contributed by atoms with Crippen LogP contribution in [0.15, 0.2) is 79.0 Å². The minimum absolute atomic E-state index is 0.00507. The first-order valence-corrected chi connectivity index (χ1v) is 17.3. The number of fused-ring (bicyclic) bond motifs is 4. The molecule has 0 saturated carbocycles. The van der Waals surface area contributed by atoms with E-state index in [0.717, 1.165) is 0 Å². The highest BCUT2D eigenvalue weighted by Crippen LogP contribution is 2.55. The molecule has 0 bridgehead atoms. The maximum absolute atomic E-state index is 14.3. The average Bonchev–Trinajstić information content (AvgIpc) is 3.96. The first-order valence-electron chi connectivity index (χ1n) is 17.3. The van der Waals surface area contributed by atoms with Crippen molar-refractivity contribution in [3.63, 3.8) is 0 Å². The molecule has 3 heterocycles. The number of methoxy groups -OCH3 is 4. The van der Waals surface area contributed by atoms with Crippen LogP contribution in [0.25, 0.3) is 10.9 Å². The number of Topliss-reactive ketones (excluding diaryl/α,β-unsaturated/α-hetero) is 1. The van der Waals surface area contributed by atoms with E-state index in [1.54, 1.807) is 66.7 Å². The summed E-state index contributed by atoms with van der Waals surface area (Å²) in [6.07, 6.45) is 1.26. The molecule has 4 atom stereocenters. The molecule has 0 spiro atoms. The number of hydrogen-bond acceptors (Lipinski definition) is 12. The van der Waals surface area contributed by atoms with Gasteiger partial charge in [-0.3, -0.25) is 23.7 Å². The lowest BCUT2D eigenvalue weighted by molar-refractivity contribution is -0.141. The molecule has 55 heavy (non-hydrogen) atoms. The van der Waals surface area contributed by atoms with Crippen molar-refractivity contribution in [3.05, 3.63) is 112 Å². The van der Waals surface area contributed by atoms with Crippen LogP contribution in [-0.2, 0) is 19.1 Å². The minimum Gasteiger partial charge on any atom is -0.493 e. The zero-order valence-corrected chi connectivity index (χ0v) is 30.1. The molecule has 1 N–H and O–H groups in total. The van der Waals surface area contributed by atoms with Gasteiger partial charge in [0.1, 0.15) is 0 Å². The van der Waals surface area contributed by atoms with Crippen molar-refractivity contribution < 1.29 is 57.1 Å². The predicted octanol–water partition coefficient (Wildman–Crippen LogP) is 4.85. The van der Waals surface area contributed by atoms with Crippen LogP contribution in [-0.4, -0.2) is 75.9 Å². The topological polar surface area (TPSA) is 167 Å². The van der Waals surface area contributed by atoms with Crippen molar-refractivity contribution in [2.24, 2.45) is 11.8 Å². The van der Waals surface area contributed by atoms with Gasteiger partial charge in [0.2, 0.25) is 12.5 Å². The Morgan fingerprint density at radius 3 is 2.13 bits per heavy atom. The molecule has 4 aromatic carbocycles. The lowest BCUT2D eigenvalue weighted by Crippen LogP contribution is -2.44. The van der Waals surface area contributed by atoms with Gasteiger partial charge in [0.25, 0.3) is 17.6 Å². The van der Waals surface area contributed by atoms with Crippen LogP contribution in [0.4, 0.5) is 0 Å². The lowest BCUT2D eigenvalue weighted by atomic mass is 9.65. The van der Waals surface area contributed by atoms with Crippen LogP contribution in [0.1, 0.15) is 59.7 Å². The molecule has 2 aliphatic heterocycles. The zero-order valence-electron chi connectivity index (χ0n) is 30.1. The Labute approximate surface area is 313 Å². The largest absolute Gasteiger partial charge is 0.493 e. The minimum atomic E-state index is -1.04. The molecule has 3 aliphatic rings. The Bertz CT molecular complexity index is 2390. The molecule has 14 heteroatoms. The van der Waals surface area contributed by atoms with E-state index in [1.807, 2.05) is 0 Å². The van der Waals surface area contributed by atoms with Gasteiger partial charge in [0, 0.05) is 29.0 Å². The highest BCUT2D eigenvalue weighted by atomic mass is 16.7. The molecular weight excluding hydrogens is 712 g/mol. The molecule has 5 aromatic rings. The van der Waals surface area contributed by atoms with Gasteiger partial charge in [-0.05, 0) is 65.2 Å². The average molecular weight is 747 g/mol. The smallest absolute Gasteiger partial charge is 0.338 e. The van der Waals surface area contributed by atoms with Crippen molar-refractivity contribution >= 4 is 40.4 Å². The number of rotatable bonds is 9. The first-order chi connectivity index (χ1) is 26.7. The van der Waals surface area contributed by atoms with Crippen LogP contribution in [0.3, 0.4) is 0 Å². The number of benzene rings is 4. The predicted molar refractivity (Wildman–Crippen MR) is 193 cm³/mol. The van der Waals surface area contributed by atoms with Gasteiger partial charge in [0.15, 0.2) is 23.0 Å². The number of carbonyl (C=O) groups is 5. The maximum atomic E-state index is 14.3. The summed E-state index contributed by atoms with van der Waals surface area (Å²) in [4.78, 5) is 69.0. The quantitative estimate of drug-likeness (QED) is 0.124. The Morgan fingerprint density at radius 2 is 1.47 bits per heavy atom. The maximum Gasteiger partial charge on any atom is 0.338 e. The van der Waals surface area contributed by atoms with Gasteiger partial charge in [-0.15, -0.1) is 0 Å². The van der Waals surface area contributed by atoms with E-state index in [9.17, 15) is 24.0 Å². The zero-order chi connectivity index (χ0) is 38.5. The monoisotopic (exact) mass is 746 g/mol. The summed E-state index contributed by atoms with van der Waals surface area (Å²) >= 11 is 0. The third kappa shape index (κ3) is 5.68. The number of aromatic nitrogens is 1. The number of carbonyl (C=O) groups excluding carboxylic acids is 5. The molecule has 0 unspecified atom stereocenters. The lowest BCUT2D eigenvalue weighted by Gasteiger charge is -2.39. The van der Waals surface area contributed by atoms with Crippen LogP contribution < -0.4 is 29.0 Å². The Kier molecular flexibility index (Phi) is 8.87. The van der Waals surface area contributed by atoms with E-state index in [2.05, 4.69) is 5.32 Å². The number of ketones is 1. The summed E-state index contributed by atoms with van der Waals surface area (Å²) in [7, 11) is 5.67. The van der Waals surface area contributed by atoms with E-state index in [1.165, 1.54) is 45.3 Å². The molecule has 1 amide bonds. The van der Waals surface area contributed by atoms with Crippen molar-refractivity contribution in [1.29, 1.82) is 0 Å². The fourth-order valence-corrected chi connectivity index (χ4v) is 7.98. The molecule has 14 nitrogen and oxygen atoms in total. The molecule has 1 aliphatic carbocycles. The summed E-state index contributed by atoms with van der Waals surface area (Å²) in [5, 5.41) is 2.97. The first kappa shape index (κ1) is 35.2. The van der Waals surface area contributed by atoms with E-state index in [-0.39, 0.29) is 35.4 Å². The molecule has 1 aromatic heterocycles. The third-order valence-electron chi connectivity index (χ3n) is 10.4. The number of nitrogens with zero attached hydrogens (tertiary/aromatic N) is 1. The summed E-state index contributed by atoms with van der Waals surface area (Å²) < 4.78 is 40.2. The van der Waals surface area contributed by atoms with Crippen molar-refractivity contribution in [3.8, 4) is 28.7 Å². The normalized spacial score (nSPS) is 19.2. The van der Waals surface area contributed by atoms with Gasteiger partial charge >= 0.3 is 11.9 Å². The van der Waals surface area contributed by atoms with E-state index in [0.29, 0.717) is 51.0 Å². The molecule has 1 fully saturated rings. The second kappa shape index (κ2) is 13.9. The van der Waals surface area contributed by atoms with Crippen molar-refractivity contribution in [2.75, 3.05) is 41.8 Å². The number of amides is 1. The number of esters is 2. The van der Waals surface area contributed by atoms with Crippen LogP contribution in [0.5, 0.6) is 28.7 Å². The summed E-state index contributed by atoms with van der Waals surface area (Å²) in [5.74, 6) is -3.92. The molecule has 0 radical (unpaired) electrons. The molecule has 280 valence electrons. The van der Waals surface area contributed by atoms with E-state index in [4.69, 9.17) is 33.2 Å². The molecule has 8 rings (SSSR count). The standard InChI is InChI=1S/C41H34N2O12/c1-49-30-13-21(14-31(50-2)37(30)51-3)32-23-15-28-29(55-19-54-28)16-24(23)35(26-18-53-41(48)34(26)32)42-38(45)36(44)25-17-43(39(46)20-9-6-5-7-10-20)27-12-8-11-22(33(25)27)40(47)52-4/h5-17,26,32,34-35H,18-19H2,1-4H3,(H,42,45)/t26-,32+,34-,35+/m0/s1. The fourth-order valence-electron chi connectivity index (χ4n) is 7.98. The van der Waals surface area contributed by atoms with Crippen molar-refractivity contribution in [2.45, 2.75) is 12.0 Å². The Balaban J connectivity index is 1.24. The van der Waals surface area contributed by atoms with Crippen LogP contribution in [0.2, 0.25) is 0 Å². The molecular formula is C41H34N2O12.